The molecule has 0 bridgehead atoms. The van der Waals surface area contributed by atoms with Crippen LogP contribution in [0, 0.1) is 11.8 Å². The third-order valence-corrected chi connectivity index (χ3v) is 5.95. The molecule has 2 N–H and O–H groups in total. The topological polar surface area (TPSA) is 66.8 Å². The molecule has 156 valence electrons. The number of hydrogen-bond acceptors (Lipinski definition) is 4. The van der Waals surface area contributed by atoms with Gasteiger partial charge in [0.05, 0.1) is 18.8 Å². The number of methoxy groups -OCH3 is 1. The number of unbranched alkanes of at least 4 members (excludes halogenated alkanes) is 4. The van der Waals surface area contributed by atoms with Crippen molar-refractivity contribution >= 4 is 17.6 Å². The number of aliphatic hydroxyl groups excluding tert-OH is 1. The Balaban J connectivity index is 2.50. The van der Waals surface area contributed by atoms with Gasteiger partial charge < -0.3 is 14.9 Å². The van der Waals surface area contributed by atoms with Crippen LogP contribution in [0.5, 0.6) is 0 Å². The minimum atomic E-state index is -0.831. The highest BCUT2D eigenvalue weighted by atomic mass is 35.5. The number of allylic oxidation sites excluding steroid dienone is 1. The summed E-state index contributed by atoms with van der Waals surface area (Å²) in [4.78, 5) is 11.0. The minimum absolute atomic E-state index is 0.00392. The van der Waals surface area contributed by atoms with Gasteiger partial charge in [-0.2, -0.15) is 0 Å². The van der Waals surface area contributed by atoms with Gasteiger partial charge in [-0.05, 0) is 44.9 Å². The van der Waals surface area contributed by atoms with Crippen molar-refractivity contribution in [1.82, 2.24) is 0 Å². The van der Waals surface area contributed by atoms with Gasteiger partial charge in [0.1, 0.15) is 0 Å². The van der Waals surface area contributed by atoms with E-state index < -0.39 is 11.7 Å². The number of alkyl halides is 1. The van der Waals surface area contributed by atoms with Crippen LogP contribution in [0.3, 0.4) is 0 Å². The van der Waals surface area contributed by atoms with Crippen LogP contribution in [0.15, 0.2) is 24.3 Å². The maximum absolute atomic E-state index is 11.0. The molecule has 1 unspecified atom stereocenters. The van der Waals surface area contributed by atoms with E-state index in [0.717, 1.165) is 51.4 Å². The number of hydrogen-bond donors (Lipinski definition) is 2. The molecule has 0 radical (unpaired) electrons. The van der Waals surface area contributed by atoms with E-state index in [1.54, 1.807) is 0 Å². The Morgan fingerprint density at radius 2 is 2.04 bits per heavy atom. The van der Waals surface area contributed by atoms with Crippen molar-refractivity contribution in [3.63, 3.8) is 0 Å². The Hall–Kier alpha value is -0.840. The highest BCUT2D eigenvalue weighted by molar-refractivity contribution is 6.21. The average Bonchev–Trinajstić information content (AvgIpc) is 2.89. The second kappa shape index (κ2) is 12.6. The molecule has 5 atom stereocenters. The van der Waals surface area contributed by atoms with Crippen LogP contribution in [0.1, 0.15) is 71.6 Å². The highest BCUT2D eigenvalue weighted by Crippen LogP contribution is 2.40. The van der Waals surface area contributed by atoms with Crippen molar-refractivity contribution < 1.29 is 19.7 Å². The highest BCUT2D eigenvalue weighted by Gasteiger charge is 2.39. The summed E-state index contributed by atoms with van der Waals surface area (Å²) in [6.45, 7) is 3.98. The van der Waals surface area contributed by atoms with Gasteiger partial charge >= 0.3 is 5.97 Å². The first-order chi connectivity index (χ1) is 12.8. The molecule has 0 aromatic rings. The molecule has 0 aromatic carbocycles. The quantitative estimate of drug-likeness (QED) is 0.163. The molecule has 0 amide bonds. The summed E-state index contributed by atoms with van der Waals surface area (Å²) >= 11 is 6.49. The molecule has 1 fully saturated rings. The fourth-order valence-electron chi connectivity index (χ4n) is 3.76. The van der Waals surface area contributed by atoms with E-state index in [9.17, 15) is 15.0 Å². The molecule has 0 aliphatic heterocycles. The lowest BCUT2D eigenvalue weighted by Crippen LogP contribution is -2.23. The maximum Gasteiger partial charge on any atom is 0.330 e. The van der Waals surface area contributed by atoms with E-state index in [-0.39, 0.29) is 23.2 Å². The summed E-state index contributed by atoms with van der Waals surface area (Å²) in [5.74, 6) is -0.115. The molecule has 27 heavy (non-hydrogen) atoms. The standard InChI is InChI=1S/C22H37ClO4/c1-4-5-10-14-22(2,26)15-13-18-17(19(23)16-20(18)24)11-8-6-7-9-12-21(25)27-3/h9,12-13,15,17-20,24,26H,4-8,10-11,14,16H2,1-3H3/b12-9+,15-13+/t17-,18-,19-,20-,22?/m1/s1. The lowest BCUT2D eigenvalue weighted by Gasteiger charge is -2.23. The number of ether oxygens (including phenoxy) is 1. The van der Waals surface area contributed by atoms with Crippen molar-refractivity contribution in [2.75, 3.05) is 7.11 Å². The third kappa shape index (κ3) is 9.27. The van der Waals surface area contributed by atoms with Crippen molar-refractivity contribution in [2.24, 2.45) is 11.8 Å². The number of halogens is 1. The van der Waals surface area contributed by atoms with E-state index in [1.165, 1.54) is 13.2 Å². The van der Waals surface area contributed by atoms with Crippen molar-refractivity contribution in [2.45, 2.75) is 88.7 Å². The van der Waals surface area contributed by atoms with Gasteiger partial charge in [0, 0.05) is 17.4 Å². The fourth-order valence-corrected chi connectivity index (χ4v) is 4.23. The lowest BCUT2D eigenvalue weighted by molar-refractivity contribution is -0.134. The molecular weight excluding hydrogens is 364 g/mol. The summed E-state index contributed by atoms with van der Waals surface area (Å²) < 4.78 is 4.56. The van der Waals surface area contributed by atoms with Gasteiger partial charge in [0.25, 0.3) is 0 Å². The monoisotopic (exact) mass is 400 g/mol. The molecule has 0 aromatic heterocycles. The van der Waals surface area contributed by atoms with Gasteiger partial charge in [0.2, 0.25) is 0 Å². The number of aliphatic hydroxyl groups is 2. The molecule has 0 spiro atoms. The molecule has 1 rings (SSSR count). The predicted molar refractivity (Wildman–Crippen MR) is 111 cm³/mol. The number of esters is 1. The summed E-state index contributed by atoms with van der Waals surface area (Å²) in [7, 11) is 1.37. The zero-order chi connectivity index (χ0) is 20.3. The minimum Gasteiger partial charge on any atom is -0.466 e. The Morgan fingerprint density at radius 3 is 2.70 bits per heavy atom. The molecular formula is C22H37ClO4. The van der Waals surface area contributed by atoms with Gasteiger partial charge in [-0.1, -0.05) is 50.8 Å². The van der Waals surface area contributed by atoms with Gasteiger partial charge in [-0.15, -0.1) is 11.6 Å². The van der Waals surface area contributed by atoms with Crippen LogP contribution in [-0.2, 0) is 9.53 Å². The number of rotatable bonds is 12. The largest absolute Gasteiger partial charge is 0.466 e. The van der Waals surface area contributed by atoms with E-state index >= 15 is 0 Å². The summed E-state index contributed by atoms with van der Waals surface area (Å²) in [6.07, 6.45) is 15.0. The molecule has 1 aliphatic carbocycles. The molecule has 0 heterocycles. The van der Waals surface area contributed by atoms with Crippen molar-refractivity contribution in [3.05, 3.63) is 24.3 Å². The third-order valence-electron chi connectivity index (χ3n) is 5.45. The van der Waals surface area contributed by atoms with Crippen molar-refractivity contribution in [3.8, 4) is 0 Å². The van der Waals surface area contributed by atoms with Crippen LogP contribution in [0.2, 0.25) is 0 Å². The summed E-state index contributed by atoms with van der Waals surface area (Å²) in [6, 6.07) is 0. The van der Waals surface area contributed by atoms with Gasteiger partial charge in [0.15, 0.2) is 0 Å². The molecule has 1 saturated carbocycles. The second-order valence-electron chi connectivity index (χ2n) is 7.94. The van der Waals surface area contributed by atoms with Crippen LogP contribution in [0.25, 0.3) is 0 Å². The second-order valence-corrected chi connectivity index (χ2v) is 8.50. The van der Waals surface area contributed by atoms with E-state index in [0.29, 0.717) is 6.42 Å². The SMILES string of the molecule is CCCCCC(C)(O)/C=C/[C@@H]1[C@@H](CCCC/C=C/C(=O)OC)[C@H](Cl)C[C@H]1O. The van der Waals surface area contributed by atoms with Crippen LogP contribution >= 0.6 is 11.6 Å². The Bertz CT molecular complexity index is 487. The van der Waals surface area contributed by atoms with Crippen molar-refractivity contribution in [1.29, 1.82) is 0 Å². The van der Waals surface area contributed by atoms with Crippen LogP contribution in [0.4, 0.5) is 0 Å². The van der Waals surface area contributed by atoms with E-state index in [2.05, 4.69) is 11.7 Å². The first-order valence-electron chi connectivity index (χ1n) is 10.3. The predicted octanol–water partition coefficient (Wildman–Crippen LogP) is 4.77. The summed E-state index contributed by atoms with van der Waals surface area (Å²) in [5, 5.41) is 20.9. The lowest BCUT2D eigenvalue weighted by atomic mass is 9.87. The average molecular weight is 401 g/mol. The van der Waals surface area contributed by atoms with E-state index in [1.807, 2.05) is 25.2 Å². The molecule has 0 saturated heterocycles. The Labute approximate surface area is 169 Å². The summed E-state index contributed by atoms with van der Waals surface area (Å²) in [5.41, 5.74) is -0.831. The first kappa shape index (κ1) is 24.2. The zero-order valence-electron chi connectivity index (χ0n) is 17.1. The van der Waals surface area contributed by atoms with Gasteiger partial charge in [-0.3, -0.25) is 0 Å². The maximum atomic E-state index is 11.0. The normalized spacial score (nSPS) is 28.1. The molecule has 1 aliphatic rings. The smallest absolute Gasteiger partial charge is 0.330 e. The first-order valence-corrected chi connectivity index (χ1v) is 10.7. The zero-order valence-corrected chi connectivity index (χ0v) is 17.8. The van der Waals surface area contributed by atoms with E-state index in [4.69, 9.17) is 11.6 Å². The van der Waals surface area contributed by atoms with Crippen LogP contribution in [-0.4, -0.2) is 40.4 Å². The number of carbonyl (C=O) groups excluding carboxylic acids is 1. The Kier molecular flexibility index (Phi) is 11.3. The number of carbonyl (C=O) groups is 1. The van der Waals surface area contributed by atoms with Gasteiger partial charge in [-0.25, -0.2) is 4.79 Å². The van der Waals surface area contributed by atoms with Crippen LogP contribution < -0.4 is 0 Å². The Morgan fingerprint density at radius 1 is 1.30 bits per heavy atom. The molecule has 4 nitrogen and oxygen atoms in total. The molecule has 5 heteroatoms. The fraction of sp³-hybridized carbons (Fsp3) is 0.773.